The van der Waals surface area contributed by atoms with Crippen molar-refractivity contribution in [1.29, 1.82) is 0 Å². The van der Waals surface area contributed by atoms with Gasteiger partial charge in [0.1, 0.15) is 7.28 Å². The minimum absolute atomic E-state index is 0.0371. The lowest BCUT2D eigenvalue weighted by Crippen LogP contribution is -2.11. The van der Waals surface area contributed by atoms with Crippen LogP contribution in [0.1, 0.15) is 36.6 Å². The van der Waals surface area contributed by atoms with E-state index in [2.05, 4.69) is 62.7 Å². The molecular weight excluding hydrogens is 327 g/mol. The van der Waals surface area contributed by atoms with Gasteiger partial charge in [0.15, 0.2) is 5.84 Å². The van der Waals surface area contributed by atoms with E-state index in [0.717, 1.165) is 22.7 Å². The van der Waals surface area contributed by atoms with Crippen LogP contribution >= 0.6 is 0 Å². The number of nitrogens with zero attached hydrogens (tertiary/aromatic N) is 2. The van der Waals surface area contributed by atoms with Crippen LogP contribution in [0.4, 0.5) is 0 Å². The van der Waals surface area contributed by atoms with Crippen molar-refractivity contribution in [3.63, 3.8) is 0 Å². The number of hydrogen-bond acceptors (Lipinski definition) is 1. The third-order valence-corrected chi connectivity index (χ3v) is 4.57. The molecule has 2 nitrogen and oxygen atoms in total. The van der Waals surface area contributed by atoms with E-state index in [9.17, 15) is 0 Å². The van der Waals surface area contributed by atoms with Crippen LogP contribution in [0.2, 0.25) is 6.82 Å². The van der Waals surface area contributed by atoms with Crippen molar-refractivity contribution >= 4 is 24.3 Å². The zero-order chi connectivity index (χ0) is 19.1. The zero-order valence-electron chi connectivity index (χ0n) is 16.1. The van der Waals surface area contributed by atoms with Crippen molar-refractivity contribution in [3.05, 3.63) is 102 Å². The second-order valence-corrected chi connectivity index (χ2v) is 6.51. The largest absolute Gasteiger partial charge is 0.258 e. The molecule has 1 radical (unpaired) electrons. The third-order valence-electron chi connectivity index (χ3n) is 4.57. The molecule has 0 aromatic heterocycles. The summed E-state index contributed by atoms with van der Waals surface area (Å²) in [6, 6.07) is 29.0. The molecule has 0 N–H and O–H groups in total. The second kappa shape index (κ2) is 9.13. The highest BCUT2D eigenvalue weighted by Gasteiger charge is 2.09. The maximum Gasteiger partial charge on any atom is 0.155 e. The summed E-state index contributed by atoms with van der Waals surface area (Å²) in [5, 5.41) is 0. The summed E-state index contributed by atoms with van der Waals surface area (Å²) in [5.74, 6) is 0.760. The van der Waals surface area contributed by atoms with E-state index in [1.54, 1.807) is 0 Å². The Morgan fingerprint density at radius 2 is 1.37 bits per heavy atom. The van der Waals surface area contributed by atoms with Gasteiger partial charge in [-0.25, -0.2) is 4.99 Å². The Kier molecular flexibility index (Phi) is 6.37. The lowest BCUT2D eigenvalue weighted by atomic mass is 9.73. The molecule has 3 aromatic rings. The van der Waals surface area contributed by atoms with Gasteiger partial charge < -0.3 is 0 Å². The van der Waals surface area contributed by atoms with Gasteiger partial charge in [0.25, 0.3) is 0 Å². The maximum absolute atomic E-state index is 4.94. The third kappa shape index (κ3) is 5.04. The van der Waals surface area contributed by atoms with Crippen LogP contribution < -0.4 is 5.46 Å². The highest BCUT2D eigenvalue weighted by molar-refractivity contribution is 6.51. The molecule has 0 spiro atoms. The molecule has 0 fully saturated rings. The molecule has 0 saturated heterocycles. The first-order chi connectivity index (χ1) is 13.2. The molecule has 1 unspecified atom stereocenters. The van der Waals surface area contributed by atoms with Gasteiger partial charge in [-0.15, -0.1) is 0 Å². The average Bonchev–Trinajstić information content (AvgIpc) is 2.74. The second-order valence-electron chi connectivity index (χ2n) is 6.51. The minimum atomic E-state index is 0.0371. The Hall–Kier alpha value is -2.94. The number of amidine groups is 1. The molecule has 0 heterocycles. The van der Waals surface area contributed by atoms with E-state index in [-0.39, 0.29) is 6.04 Å². The summed E-state index contributed by atoms with van der Waals surface area (Å²) >= 11 is 0. The molecule has 0 aliphatic heterocycles. The van der Waals surface area contributed by atoms with E-state index in [1.165, 1.54) is 11.0 Å². The molecule has 0 aliphatic carbocycles. The number of rotatable bonds is 5. The van der Waals surface area contributed by atoms with Crippen LogP contribution in [0.15, 0.2) is 94.9 Å². The van der Waals surface area contributed by atoms with E-state index in [0.29, 0.717) is 0 Å². The Morgan fingerprint density at radius 3 is 1.96 bits per heavy atom. The summed E-state index contributed by atoms with van der Waals surface area (Å²) in [6.07, 6.45) is 0. The van der Waals surface area contributed by atoms with Crippen LogP contribution in [0, 0.1) is 0 Å². The van der Waals surface area contributed by atoms with E-state index < -0.39 is 0 Å². The van der Waals surface area contributed by atoms with Gasteiger partial charge in [0, 0.05) is 11.3 Å². The Bertz CT molecular complexity index is 914. The Balaban J connectivity index is 1.98. The fraction of sp³-hybridized carbons (Fsp3) is 0.167. The van der Waals surface area contributed by atoms with Crippen LogP contribution in [-0.4, -0.2) is 18.8 Å². The van der Waals surface area contributed by atoms with Crippen molar-refractivity contribution in [1.82, 2.24) is 0 Å². The molecule has 3 rings (SSSR count). The van der Waals surface area contributed by atoms with Crippen LogP contribution in [-0.2, 0) is 0 Å². The highest BCUT2D eigenvalue weighted by atomic mass is 14.9. The zero-order valence-corrected chi connectivity index (χ0v) is 16.1. The summed E-state index contributed by atoms with van der Waals surface area (Å²) in [7, 11) is 2.09. The van der Waals surface area contributed by atoms with Crippen molar-refractivity contribution in [2.24, 2.45) is 9.98 Å². The topological polar surface area (TPSA) is 24.7 Å². The normalized spacial score (nSPS) is 13.3. The van der Waals surface area contributed by atoms with Gasteiger partial charge in [0.2, 0.25) is 0 Å². The standard InChI is InChI=1S/C24H24BN2/c1-18(20-10-6-4-7-11-20)26-24(22-12-8-5-9-13-22)27-19(2)21-14-16-23(25-3)17-15-21/h4-18H,1-3H3. The van der Waals surface area contributed by atoms with Crippen LogP contribution in [0.25, 0.3) is 0 Å². The molecule has 0 aliphatic rings. The number of benzene rings is 3. The predicted molar refractivity (Wildman–Crippen MR) is 118 cm³/mol. The smallest absolute Gasteiger partial charge is 0.155 e. The monoisotopic (exact) mass is 351 g/mol. The van der Waals surface area contributed by atoms with Gasteiger partial charge in [0.05, 0.1) is 6.04 Å². The first-order valence-corrected chi connectivity index (χ1v) is 9.30. The predicted octanol–water partition coefficient (Wildman–Crippen LogP) is 5.08. The van der Waals surface area contributed by atoms with Gasteiger partial charge >= 0.3 is 0 Å². The quantitative estimate of drug-likeness (QED) is 0.348. The first kappa shape index (κ1) is 18.8. The molecule has 0 amide bonds. The van der Waals surface area contributed by atoms with E-state index >= 15 is 0 Å². The van der Waals surface area contributed by atoms with Gasteiger partial charge in [-0.05, 0) is 25.0 Å². The van der Waals surface area contributed by atoms with Gasteiger partial charge in [-0.2, -0.15) is 0 Å². The van der Waals surface area contributed by atoms with Crippen LogP contribution in [0.5, 0.6) is 0 Å². The number of aliphatic imine (C=N–C) groups is 2. The lowest BCUT2D eigenvalue weighted by Gasteiger charge is -2.11. The van der Waals surface area contributed by atoms with Gasteiger partial charge in [-0.1, -0.05) is 97.2 Å². The summed E-state index contributed by atoms with van der Waals surface area (Å²) in [6.45, 7) is 6.19. The van der Waals surface area contributed by atoms with Crippen LogP contribution in [0.3, 0.4) is 0 Å². The SMILES string of the molecule is C[B]c1ccc(C(C)=NC(=NC(C)c2ccccc2)c2ccccc2)cc1. The fourth-order valence-electron chi connectivity index (χ4n) is 2.88. The minimum Gasteiger partial charge on any atom is -0.258 e. The van der Waals surface area contributed by atoms with E-state index in [4.69, 9.17) is 9.98 Å². The fourth-order valence-corrected chi connectivity index (χ4v) is 2.88. The Labute approximate surface area is 163 Å². The van der Waals surface area contributed by atoms with Crippen molar-refractivity contribution < 1.29 is 0 Å². The molecule has 27 heavy (non-hydrogen) atoms. The number of hydrogen-bond donors (Lipinski definition) is 0. The molecular formula is C24H24BN2. The highest BCUT2D eigenvalue weighted by Crippen LogP contribution is 2.18. The first-order valence-electron chi connectivity index (χ1n) is 9.30. The molecule has 3 heteroatoms. The lowest BCUT2D eigenvalue weighted by molar-refractivity contribution is 0.818. The van der Waals surface area contributed by atoms with Crippen molar-refractivity contribution in [3.8, 4) is 0 Å². The van der Waals surface area contributed by atoms with E-state index in [1.807, 2.05) is 50.1 Å². The molecule has 1 atom stereocenters. The summed E-state index contributed by atoms with van der Waals surface area (Å²) in [4.78, 5) is 9.83. The molecule has 3 aromatic carbocycles. The molecule has 133 valence electrons. The Morgan fingerprint density at radius 1 is 0.778 bits per heavy atom. The van der Waals surface area contributed by atoms with Crippen molar-refractivity contribution in [2.75, 3.05) is 0 Å². The maximum atomic E-state index is 4.94. The molecule has 0 saturated carbocycles. The average molecular weight is 351 g/mol. The van der Waals surface area contributed by atoms with Gasteiger partial charge in [-0.3, -0.25) is 4.99 Å². The molecule has 0 bridgehead atoms. The van der Waals surface area contributed by atoms with Crippen molar-refractivity contribution in [2.45, 2.75) is 26.7 Å². The summed E-state index contributed by atoms with van der Waals surface area (Å²) < 4.78 is 0. The summed E-state index contributed by atoms with van der Waals surface area (Å²) in [5.41, 5.74) is 5.48.